The van der Waals surface area contributed by atoms with Crippen molar-refractivity contribution in [2.24, 2.45) is 5.73 Å². The summed E-state index contributed by atoms with van der Waals surface area (Å²) >= 11 is 4.02. The Labute approximate surface area is 124 Å². The van der Waals surface area contributed by atoms with Crippen molar-refractivity contribution in [1.82, 2.24) is 10.2 Å². The largest absolute Gasteiger partial charge is 0.357 e. The van der Waals surface area contributed by atoms with Gasteiger partial charge in [0.15, 0.2) is 0 Å². The molecule has 2 atom stereocenters. The third-order valence-corrected chi connectivity index (χ3v) is 3.54. The molecule has 6 heteroatoms. The van der Waals surface area contributed by atoms with Gasteiger partial charge in [-0.1, -0.05) is 30.3 Å². The van der Waals surface area contributed by atoms with Gasteiger partial charge in [0.05, 0.1) is 6.04 Å². The van der Waals surface area contributed by atoms with Crippen molar-refractivity contribution in [2.75, 3.05) is 19.8 Å². The van der Waals surface area contributed by atoms with E-state index in [1.807, 2.05) is 30.3 Å². The van der Waals surface area contributed by atoms with Crippen molar-refractivity contribution < 1.29 is 9.59 Å². The van der Waals surface area contributed by atoms with E-state index in [9.17, 15) is 9.59 Å². The summed E-state index contributed by atoms with van der Waals surface area (Å²) < 4.78 is 0. The summed E-state index contributed by atoms with van der Waals surface area (Å²) in [7, 11) is 3.14. The molecule has 0 heterocycles. The Kier molecular flexibility index (Phi) is 6.54. The molecule has 0 aliphatic carbocycles. The average molecular weight is 295 g/mol. The van der Waals surface area contributed by atoms with E-state index in [0.29, 0.717) is 6.42 Å². The first-order valence-corrected chi connectivity index (χ1v) is 7.03. The van der Waals surface area contributed by atoms with Crippen LogP contribution in [0.2, 0.25) is 0 Å². The average Bonchev–Trinajstić information content (AvgIpc) is 2.50. The van der Waals surface area contributed by atoms with Crippen molar-refractivity contribution in [2.45, 2.75) is 18.5 Å². The zero-order valence-electron chi connectivity index (χ0n) is 11.7. The molecule has 0 aromatic heterocycles. The molecule has 0 spiro atoms. The van der Waals surface area contributed by atoms with E-state index < -0.39 is 12.1 Å². The van der Waals surface area contributed by atoms with Gasteiger partial charge >= 0.3 is 0 Å². The molecular weight excluding hydrogens is 274 g/mol. The van der Waals surface area contributed by atoms with E-state index in [0.717, 1.165) is 5.56 Å². The molecule has 0 saturated carbocycles. The minimum Gasteiger partial charge on any atom is -0.357 e. The fourth-order valence-electron chi connectivity index (χ4n) is 1.90. The quantitative estimate of drug-likeness (QED) is 0.650. The number of amides is 2. The summed E-state index contributed by atoms with van der Waals surface area (Å²) in [6, 6.07) is 8.27. The van der Waals surface area contributed by atoms with Gasteiger partial charge < -0.3 is 16.0 Å². The molecule has 5 nitrogen and oxygen atoms in total. The molecule has 1 aromatic carbocycles. The summed E-state index contributed by atoms with van der Waals surface area (Å²) in [6.45, 7) is 0. The lowest BCUT2D eigenvalue weighted by molar-refractivity contribution is -0.139. The number of carbonyl (C=O) groups excluding carboxylic acids is 2. The van der Waals surface area contributed by atoms with Crippen LogP contribution >= 0.6 is 12.6 Å². The number of rotatable bonds is 6. The standard InChI is InChI=1S/C14H21N3O2S/c1-16-13(18)12(8-10-6-4-3-5-7-10)17(2)14(19)11(15)9-20/h3-7,11-12,20H,8-9,15H2,1-2H3,(H,16,18)/t11-,12-/m0/s1. The fourth-order valence-corrected chi connectivity index (χ4v) is 2.06. The van der Waals surface area contributed by atoms with E-state index in [4.69, 9.17) is 5.73 Å². The third kappa shape index (κ3) is 4.25. The second-order valence-corrected chi connectivity index (χ2v) is 4.92. The van der Waals surface area contributed by atoms with Crippen LogP contribution in [0.25, 0.3) is 0 Å². The number of hydrogen-bond acceptors (Lipinski definition) is 4. The number of nitrogens with zero attached hydrogens (tertiary/aromatic N) is 1. The van der Waals surface area contributed by atoms with Gasteiger partial charge in [-0.25, -0.2) is 0 Å². The molecule has 0 aliphatic rings. The molecule has 0 bridgehead atoms. The summed E-state index contributed by atoms with van der Waals surface area (Å²) in [4.78, 5) is 25.5. The van der Waals surface area contributed by atoms with Crippen molar-refractivity contribution in [3.63, 3.8) is 0 Å². The zero-order valence-corrected chi connectivity index (χ0v) is 12.6. The monoisotopic (exact) mass is 295 g/mol. The van der Waals surface area contributed by atoms with Gasteiger partial charge in [-0.3, -0.25) is 9.59 Å². The van der Waals surface area contributed by atoms with Gasteiger partial charge in [0.1, 0.15) is 6.04 Å². The summed E-state index contributed by atoms with van der Waals surface area (Å²) in [6.07, 6.45) is 0.446. The van der Waals surface area contributed by atoms with Gasteiger partial charge in [0, 0.05) is 26.3 Å². The van der Waals surface area contributed by atoms with Crippen LogP contribution in [0.5, 0.6) is 0 Å². The van der Waals surface area contributed by atoms with Crippen LogP contribution in [0.1, 0.15) is 5.56 Å². The molecule has 20 heavy (non-hydrogen) atoms. The van der Waals surface area contributed by atoms with Crippen LogP contribution in [0.15, 0.2) is 30.3 Å². The number of nitrogens with one attached hydrogen (secondary N) is 1. The summed E-state index contributed by atoms with van der Waals surface area (Å²) in [5.74, 6) is -0.254. The van der Waals surface area contributed by atoms with Crippen LogP contribution in [-0.2, 0) is 16.0 Å². The highest BCUT2D eigenvalue weighted by molar-refractivity contribution is 7.80. The first kappa shape index (κ1) is 16.5. The van der Waals surface area contributed by atoms with Crippen molar-refractivity contribution in [1.29, 1.82) is 0 Å². The van der Waals surface area contributed by atoms with E-state index in [1.54, 1.807) is 14.1 Å². The molecule has 0 aliphatic heterocycles. The Hall–Kier alpha value is -1.53. The van der Waals surface area contributed by atoms with Crippen LogP contribution in [0.4, 0.5) is 0 Å². The normalized spacial score (nSPS) is 13.4. The highest BCUT2D eigenvalue weighted by Crippen LogP contribution is 2.09. The van der Waals surface area contributed by atoms with Crippen LogP contribution < -0.4 is 11.1 Å². The van der Waals surface area contributed by atoms with Crippen LogP contribution in [0, 0.1) is 0 Å². The lowest BCUT2D eigenvalue weighted by Crippen LogP contribution is -2.53. The molecule has 1 rings (SSSR count). The molecule has 0 saturated heterocycles. The van der Waals surface area contributed by atoms with Gasteiger partial charge in [-0.15, -0.1) is 0 Å². The van der Waals surface area contributed by atoms with Crippen LogP contribution in [-0.4, -0.2) is 48.6 Å². The van der Waals surface area contributed by atoms with Crippen molar-refractivity contribution in [3.05, 3.63) is 35.9 Å². The number of nitrogens with two attached hydrogens (primary N) is 1. The predicted molar refractivity (Wildman–Crippen MR) is 82.6 cm³/mol. The lowest BCUT2D eigenvalue weighted by atomic mass is 10.0. The SMILES string of the molecule is CNC(=O)[C@H](Cc1ccccc1)N(C)C(=O)[C@@H](N)CS. The molecule has 0 unspecified atom stereocenters. The molecule has 2 amide bonds. The number of benzene rings is 1. The second-order valence-electron chi connectivity index (χ2n) is 4.56. The lowest BCUT2D eigenvalue weighted by Gasteiger charge is -2.28. The van der Waals surface area contributed by atoms with Gasteiger partial charge in [-0.2, -0.15) is 12.6 Å². The number of hydrogen-bond donors (Lipinski definition) is 3. The zero-order chi connectivity index (χ0) is 15.1. The van der Waals surface area contributed by atoms with Crippen molar-refractivity contribution >= 4 is 24.4 Å². The Morgan fingerprint density at radius 1 is 1.35 bits per heavy atom. The Morgan fingerprint density at radius 3 is 2.45 bits per heavy atom. The van der Waals surface area contributed by atoms with Crippen molar-refractivity contribution in [3.8, 4) is 0 Å². The van der Waals surface area contributed by atoms with Gasteiger partial charge in [0.25, 0.3) is 0 Å². The molecule has 3 N–H and O–H groups in total. The first-order valence-electron chi connectivity index (χ1n) is 6.39. The second kappa shape index (κ2) is 7.91. The van der Waals surface area contributed by atoms with Gasteiger partial charge in [0.2, 0.25) is 11.8 Å². The Bertz CT molecular complexity index is 453. The van der Waals surface area contributed by atoms with Gasteiger partial charge in [-0.05, 0) is 5.56 Å². The Morgan fingerprint density at radius 2 is 1.95 bits per heavy atom. The maximum atomic E-state index is 12.1. The third-order valence-electron chi connectivity index (χ3n) is 3.15. The number of carbonyl (C=O) groups is 2. The molecule has 0 fully saturated rings. The predicted octanol–water partition coefficient (Wildman–Crippen LogP) is 0.0592. The maximum absolute atomic E-state index is 12.1. The maximum Gasteiger partial charge on any atom is 0.242 e. The van der Waals surface area contributed by atoms with Crippen LogP contribution in [0.3, 0.4) is 0 Å². The number of thiol groups is 1. The van der Waals surface area contributed by atoms with E-state index in [-0.39, 0.29) is 17.6 Å². The molecule has 110 valence electrons. The first-order chi connectivity index (χ1) is 9.51. The summed E-state index contributed by atoms with van der Waals surface area (Å²) in [5.41, 5.74) is 6.68. The molecular formula is C14H21N3O2S. The van der Waals surface area contributed by atoms with E-state index in [1.165, 1.54) is 4.90 Å². The Balaban J connectivity index is 2.89. The topological polar surface area (TPSA) is 75.4 Å². The highest BCUT2D eigenvalue weighted by Gasteiger charge is 2.28. The minimum atomic E-state index is -0.703. The summed E-state index contributed by atoms with van der Waals surface area (Å²) in [5, 5.41) is 2.59. The number of likely N-dealkylation sites (N-methyl/N-ethyl adjacent to an activating group) is 2. The minimum absolute atomic E-state index is 0.212. The smallest absolute Gasteiger partial charge is 0.242 e. The molecule has 0 radical (unpaired) electrons. The highest BCUT2D eigenvalue weighted by atomic mass is 32.1. The van der Waals surface area contributed by atoms with E-state index >= 15 is 0 Å². The van der Waals surface area contributed by atoms with E-state index in [2.05, 4.69) is 17.9 Å². The molecule has 1 aromatic rings. The fraction of sp³-hybridized carbons (Fsp3) is 0.429.